The van der Waals surface area contributed by atoms with Crippen molar-refractivity contribution in [3.05, 3.63) is 24.0 Å². The Kier molecular flexibility index (Phi) is 3.52. The lowest BCUT2D eigenvalue weighted by Crippen LogP contribution is -2.40. The van der Waals surface area contributed by atoms with Crippen LogP contribution in [0.5, 0.6) is 0 Å². The van der Waals surface area contributed by atoms with Crippen molar-refractivity contribution >= 4 is 5.91 Å². The molecule has 4 heteroatoms. The largest absolute Gasteiger partial charge is 0.364 e. The van der Waals surface area contributed by atoms with E-state index in [2.05, 4.69) is 35.5 Å². The van der Waals surface area contributed by atoms with Crippen LogP contribution in [-0.2, 0) is 10.2 Å². The van der Waals surface area contributed by atoms with Crippen LogP contribution in [0.1, 0.15) is 26.0 Å². The first-order valence-electron chi connectivity index (χ1n) is 6.22. The molecule has 17 heavy (non-hydrogen) atoms. The van der Waals surface area contributed by atoms with E-state index in [0.29, 0.717) is 6.54 Å². The minimum absolute atomic E-state index is 0.0504. The van der Waals surface area contributed by atoms with E-state index >= 15 is 0 Å². The summed E-state index contributed by atoms with van der Waals surface area (Å²) in [6, 6.07) is 4.04. The minimum Gasteiger partial charge on any atom is -0.364 e. The molecule has 0 bridgehead atoms. The van der Waals surface area contributed by atoms with Crippen molar-refractivity contribution in [2.45, 2.75) is 25.7 Å². The Morgan fingerprint density at radius 1 is 1.59 bits per heavy atom. The molecule has 4 nitrogen and oxygen atoms in total. The third-order valence-corrected chi connectivity index (χ3v) is 3.46. The van der Waals surface area contributed by atoms with Gasteiger partial charge in [-0.15, -0.1) is 0 Å². The van der Waals surface area contributed by atoms with Crippen molar-refractivity contribution in [2.75, 3.05) is 19.6 Å². The number of carbonyl (C=O) groups excluding carboxylic acids is 1. The van der Waals surface area contributed by atoms with Crippen LogP contribution in [-0.4, -0.2) is 30.5 Å². The zero-order valence-corrected chi connectivity index (χ0v) is 10.5. The van der Waals surface area contributed by atoms with E-state index in [9.17, 15) is 4.79 Å². The zero-order chi connectivity index (χ0) is 12.3. The summed E-state index contributed by atoms with van der Waals surface area (Å²) in [5.74, 6) is 0.323. The van der Waals surface area contributed by atoms with E-state index in [1.165, 1.54) is 0 Å². The highest BCUT2D eigenvalue weighted by Gasteiger charge is 2.26. The molecule has 0 radical (unpaired) electrons. The number of carbonyl (C=O) groups is 1. The second-order valence-electron chi connectivity index (χ2n) is 5.38. The molecular weight excluding hydrogens is 214 g/mol. The molecule has 3 N–H and O–H groups in total. The van der Waals surface area contributed by atoms with Crippen LogP contribution < -0.4 is 10.6 Å². The summed E-state index contributed by atoms with van der Waals surface area (Å²) >= 11 is 0. The highest BCUT2D eigenvalue weighted by molar-refractivity contribution is 5.79. The zero-order valence-electron chi connectivity index (χ0n) is 10.5. The van der Waals surface area contributed by atoms with Gasteiger partial charge in [-0.2, -0.15) is 0 Å². The average molecular weight is 235 g/mol. The third kappa shape index (κ3) is 2.88. The molecule has 1 fully saturated rings. The van der Waals surface area contributed by atoms with E-state index in [1.54, 1.807) is 0 Å². The molecule has 1 aliphatic rings. The summed E-state index contributed by atoms with van der Waals surface area (Å²) in [5, 5.41) is 6.27. The van der Waals surface area contributed by atoms with Crippen LogP contribution in [0.15, 0.2) is 18.3 Å². The van der Waals surface area contributed by atoms with Crippen molar-refractivity contribution in [2.24, 2.45) is 5.92 Å². The van der Waals surface area contributed by atoms with Gasteiger partial charge in [0.15, 0.2) is 0 Å². The second kappa shape index (κ2) is 4.92. The summed E-state index contributed by atoms with van der Waals surface area (Å²) in [6.45, 7) is 6.70. The van der Waals surface area contributed by atoms with Gasteiger partial charge >= 0.3 is 0 Å². The number of hydrogen-bond donors (Lipinski definition) is 3. The standard InChI is InChI=1S/C13H21N3O/c1-13(2,11-4-3-6-15-11)9-16-12(17)10-5-7-14-8-10/h3-4,6,10,14-15H,5,7-9H2,1-2H3,(H,16,17). The molecule has 1 unspecified atom stereocenters. The normalized spacial score (nSPS) is 20.5. The van der Waals surface area contributed by atoms with Gasteiger partial charge in [-0.25, -0.2) is 0 Å². The molecule has 1 atom stereocenters. The molecule has 2 heterocycles. The fraction of sp³-hybridized carbons (Fsp3) is 0.615. The first-order chi connectivity index (χ1) is 8.09. The topological polar surface area (TPSA) is 56.9 Å². The number of nitrogens with one attached hydrogen (secondary N) is 3. The van der Waals surface area contributed by atoms with Crippen molar-refractivity contribution in [1.29, 1.82) is 0 Å². The monoisotopic (exact) mass is 235 g/mol. The quantitative estimate of drug-likeness (QED) is 0.729. The first-order valence-corrected chi connectivity index (χ1v) is 6.22. The van der Waals surface area contributed by atoms with Gasteiger partial charge in [0.2, 0.25) is 5.91 Å². The summed E-state index contributed by atoms with van der Waals surface area (Å²) in [7, 11) is 0. The van der Waals surface area contributed by atoms with Crippen LogP contribution in [0.4, 0.5) is 0 Å². The van der Waals surface area contributed by atoms with E-state index in [0.717, 1.165) is 25.2 Å². The summed E-state index contributed by atoms with van der Waals surface area (Å²) in [4.78, 5) is 15.1. The molecule has 2 rings (SSSR count). The number of amides is 1. The van der Waals surface area contributed by atoms with Gasteiger partial charge in [-0.3, -0.25) is 4.79 Å². The van der Waals surface area contributed by atoms with Crippen molar-refractivity contribution < 1.29 is 4.79 Å². The minimum atomic E-state index is -0.0504. The van der Waals surface area contributed by atoms with Gasteiger partial charge in [-0.1, -0.05) is 13.8 Å². The van der Waals surface area contributed by atoms with Gasteiger partial charge in [0.1, 0.15) is 0 Å². The maximum atomic E-state index is 11.9. The number of aromatic nitrogens is 1. The first kappa shape index (κ1) is 12.2. The second-order valence-corrected chi connectivity index (χ2v) is 5.38. The lowest BCUT2D eigenvalue weighted by atomic mass is 9.89. The number of rotatable bonds is 4. The van der Waals surface area contributed by atoms with E-state index < -0.39 is 0 Å². The van der Waals surface area contributed by atoms with Crippen molar-refractivity contribution in [1.82, 2.24) is 15.6 Å². The highest BCUT2D eigenvalue weighted by atomic mass is 16.1. The SMILES string of the molecule is CC(C)(CNC(=O)C1CCNC1)c1ccc[nH]1. The predicted molar refractivity (Wildman–Crippen MR) is 67.8 cm³/mol. The number of H-pyrrole nitrogens is 1. The van der Waals surface area contributed by atoms with Crippen LogP contribution in [0, 0.1) is 5.92 Å². The molecule has 1 aliphatic heterocycles. The lowest BCUT2D eigenvalue weighted by Gasteiger charge is -2.24. The lowest BCUT2D eigenvalue weighted by molar-refractivity contribution is -0.124. The Bertz CT molecular complexity index is 364. The molecule has 0 aliphatic carbocycles. The molecule has 1 amide bonds. The van der Waals surface area contributed by atoms with Crippen LogP contribution in [0.25, 0.3) is 0 Å². The van der Waals surface area contributed by atoms with Gasteiger partial charge < -0.3 is 15.6 Å². The molecule has 0 saturated carbocycles. The molecule has 94 valence electrons. The van der Waals surface area contributed by atoms with Gasteiger partial charge in [0.05, 0.1) is 5.92 Å². The van der Waals surface area contributed by atoms with Crippen molar-refractivity contribution in [3.8, 4) is 0 Å². The van der Waals surface area contributed by atoms with E-state index in [-0.39, 0.29) is 17.2 Å². The van der Waals surface area contributed by atoms with Crippen LogP contribution in [0.2, 0.25) is 0 Å². The average Bonchev–Trinajstić information content (AvgIpc) is 2.97. The maximum absolute atomic E-state index is 11.9. The molecule has 1 saturated heterocycles. The Hall–Kier alpha value is -1.29. The van der Waals surface area contributed by atoms with E-state index in [4.69, 9.17) is 0 Å². The fourth-order valence-corrected chi connectivity index (χ4v) is 2.18. The van der Waals surface area contributed by atoms with Gasteiger partial charge in [0, 0.05) is 30.4 Å². The highest BCUT2D eigenvalue weighted by Crippen LogP contribution is 2.20. The van der Waals surface area contributed by atoms with Crippen molar-refractivity contribution in [3.63, 3.8) is 0 Å². The van der Waals surface area contributed by atoms with Gasteiger partial charge in [-0.05, 0) is 25.1 Å². The summed E-state index contributed by atoms with van der Waals surface area (Å²) in [6.07, 6.45) is 2.87. The fourth-order valence-electron chi connectivity index (χ4n) is 2.18. The Morgan fingerprint density at radius 2 is 2.41 bits per heavy atom. The molecule has 0 spiro atoms. The van der Waals surface area contributed by atoms with E-state index in [1.807, 2.05) is 12.3 Å². The van der Waals surface area contributed by atoms with Crippen LogP contribution >= 0.6 is 0 Å². The number of hydrogen-bond acceptors (Lipinski definition) is 2. The summed E-state index contributed by atoms with van der Waals surface area (Å²) < 4.78 is 0. The van der Waals surface area contributed by atoms with Gasteiger partial charge in [0.25, 0.3) is 0 Å². The number of aromatic amines is 1. The third-order valence-electron chi connectivity index (χ3n) is 3.46. The Labute approximate surface area is 102 Å². The molecule has 0 aromatic carbocycles. The summed E-state index contributed by atoms with van der Waals surface area (Å²) in [5.41, 5.74) is 1.10. The smallest absolute Gasteiger partial charge is 0.224 e. The molecule has 1 aromatic rings. The predicted octanol–water partition coefficient (Wildman–Crippen LogP) is 1.02. The molecular formula is C13H21N3O. The Morgan fingerprint density at radius 3 is 3.00 bits per heavy atom. The maximum Gasteiger partial charge on any atom is 0.224 e. The molecule has 1 aromatic heterocycles. The van der Waals surface area contributed by atoms with Crippen LogP contribution in [0.3, 0.4) is 0 Å². The Balaban J connectivity index is 1.87.